The Bertz CT molecular complexity index is 1180. The summed E-state index contributed by atoms with van der Waals surface area (Å²) in [6.07, 6.45) is 3.01. The Morgan fingerprint density at radius 1 is 1.04 bits per heavy atom. The number of hydrogen-bond donors (Lipinski definition) is 0. The predicted octanol–water partition coefficient (Wildman–Crippen LogP) is 4.38. The summed E-state index contributed by atoms with van der Waals surface area (Å²) in [6, 6.07) is 17.4. The molecule has 0 fully saturated rings. The van der Waals surface area contributed by atoms with Crippen LogP contribution in [0.25, 0.3) is 22.1 Å². The Morgan fingerprint density at radius 3 is 2.59 bits per heavy atom. The summed E-state index contributed by atoms with van der Waals surface area (Å²) in [7, 11) is 0. The highest BCUT2D eigenvalue weighted by Gasteiger charge is 2.15. The van der Waals surface area contributed by atoms with Gasteiger partial charge in [0.05, 0.1) is 16.5 Å². The molecule has 0 aliphatic carbocycles. The van der Waals surface area contributed by atoms with Crippen molar-refractivity contribution in [2.24, 2.45) is 0 Å². The molecule has 5 nitrogen and oxygen atoms in total. The molecule has 27 heavy (non-hydrogen) atoms. The van der Waals surface area contributed by atoms with Gasteiger partial charge >= 0.3 is 5.97 Å². The number of benzene rings is 2. The Hall–Kier alpha value is -3.73. The van der Waals surface area contributed by atoms with Crippen LogP contribution in [-0.2, 0) is 0 Å². The fourth-order valence-corrected chi connectivity index (χ4v) is 2.94. The van der Waals surface area contributed by atoms with E-state index in [0.717, 1.165) is 5.56 Å². The minimum Gasteiger partial charge on any atom is -0.460 e. The first-order valence-electron chi connectivity index (χ1n) is 8.38. The summed E-state index contributed by atoms with van der Waals surface area (Å²) in [4.78, 5) is 29.0. The van der Waals surface area contributed by atoms with Gasteiger partial charge in [-0.3, -0.25) is 9.78 Å². The number of esters is 1. The fraction of sp³-hybridized carbons (Fsp3) is 0.0455. The molecule has 0 unspecified atom stereocenters. The van der Waals surface area contributed by atoms with Gasteiger partial charge in [-0.1, -0.05) is 30.3 Å². The molecule has 0 aliphatic rings. The molecule has 0 saturated heterocycles. The van der Waals surface area contributed by atoms with E-state index in [9.17, 15) is 9.59 Å². The van der Waals surface area contributed by atoms with E-state index < -0.39 is 5.97 Å². The lowest BCUT2D eigenvalue weighted by Gasteiger charge is -2.09. The quantitative estimate of drug-likeness (QED) is 0.402. The number of ether oxygens (including phenoxy) is 1. The molecule has 0 amide bonds. The number of aromatic nitrogens is 1. The molecule has 0 bridgehead atoms. The van der Waals surface area contributed by atoms with E-state index in [0.29, 0.717) is 33.6 Å². The molecule has 0 atom stereocenters. The third kappa shape index (κ3) is 3.22. The highest BCUT2D eigenvalue weighted by molar-refractivity contribution is 5.91. The Balaban J connectivity index is 1.74. The van der Waals surface area contributed by atoms with Gasteiger partial charge < -0.3 is 9.15 Å². The molecule has 2 aromatic heterocycles. The Kier molecular flexibility index (Phi) is 4.26. The van der Waals surface area contributed by atoms with Crippen molar-refractivity contribution in [2.45, 2.75) is 6.92 Å². The van der Waals surface area contributed by atoms with Crippen molar-refractivity contribution < 1.29 is 13.9 Å². The Morgan fingerprint density at radius 2 is 1.85 bits per heavy atom. The van der Waals surface area contributed by atoms with Crippen LogP contribution < -0.4 is 10.2 Å². The molecular formula is C22H15NO4. The third-order valence-corrected chi connectivity index (χ3v) is 4.21. The van der Waals surface area contributed by atoms with Gasteiger partial charge in [0, 0.05) is 18.5 Å². The molecule has 0 radical (unpaired) electrons. The van der Waals surface area contributed by atoms with Crippen LogP contribution in [0.2, 0.25) is 0 Å². The van der Waals surface area contributed by atoms with Crippen LogP contribution in [0.1, 0.15) is 16.1 Å². The maximum absolute atomic E-state index is 12.9. The number of fused-ring (bicyclic) bond motifs is 1. The summed E-state index contributed by atoms with van der Waals surface area (Å²) in [5, 5.41) is 0.431. The van der Waals surface area contributed by atoms with Gasteiger partial charge in [0.2, 0.25) is 5.43 Å². The number of nitrogens with zero attached hydrogens (tertiary/aromatic N) is 1. The number of pyridine rings is 1. The van der Waals surface area contributed by atoms with E-state index in [-0.39, 0.29) is 5.43 Å². The van der Waals surface area contributed by atoms with Gasteiger partial charge in [0.15, 0.2) is 0 Å². The molecule has 0 saturated carbocycles. The van der Waals surface area contributed by atoms with E-state index in [2.05, 4.69) is 4.98 Å². The van der Waals surface area contributed by atoms with Gasteiger partial charge in [-0.15, -0.1) is 0 Å². The highest BCUT2D eigenvalue weighted by Crippen LogP contribution is 2.26. The van der Waals surface area contributed by atoms with Crippen LogP contribution in [0.15, 0.2) is 82.3 Å². The number of hydrogen-bond acceptors (Lipinski definition) is 5. The van der Waals surface area contributed by atoms with Crippen LogP contribution in [0, 0.1) is 6.92 Å². The second kappa shape index (κ2) is 6.88. The van der Waals surface area contributed by atoms with Gasteiger partial charge in [-0.05, 0) is 36.8 Å². The van der Waals surface area contributed by atoms with E-state index in [1.807, 2.05) is 30.3 Å². The first-order valence-corrected chi connectivity index (χ1v) is 8.38. The maximum Gasteiger partial charge on any atom is 0.345 e. The molecule has 2 aromatic carbocycles. The highest BCUT2D eigenvalue weighted by atomic mass is 16.5. The number of aryl methyl sites for hydroxylation is 1. The van der Waals surface area contributed by atoms with Crippen molar-refractivity contribution in [2.75, 3.05) is 0 Å². The first-order chi connectivity index (χ1) is 13.1. The minimum atomic E-state index is -0.526. The average molecular weight is 357 g/mol. The van der Waals surface area contributed by atoms with E-state index in [1.165, 1.54) is 6.20 Å². The fourth-order valence-electron chi connectivity index (χ4n) is 2.94. The van der Waals surface area contributed by atoms with Gasteiger partial charge in [0.1, 0.15) is 17.1 Å². The van der Waals surface area contributed by atoms with Crippen molar-refractivity contribution in [1.82, 2.24) is 4.98 Å². The van der Waals surface area contributed by atoms with Gasteiger partial charge in [0.25, 0.3) is 0 Å². The van der Waals surface area contributed by atoms with Gasteiger partial charge in [-0.25, -0.2) is 4.79 Å². The van der Waals surface area contributed by atoms with E-state index in [4.69, 9.17) is 9.15 Å². The van der Waals surface area contributed by atoms with Crippen LogP contribution in [-0.4, -0.2) is 11.0 Å². The van der Waals surface area contributed by atoms with Crippen LogP contribution in [0.5, 0.6) is 5.75 Å². The van der Waals surface area contributed by atoms with Crippen molar-refractivity contribution in [3.8, 4) is 16.9 Å². The second-order valence-corrected chi connectivity index (χ2v) is 6.02. The molecule has 0 spiro atoms. The zero-order valence-electron chi connectivity index (χ0n) is 14.5. The van der Waals surface area contributed by atoms with E-state index in [1.54, 1.807) is 43.5 Å². The lowest BCUT2D eigenvalue weighted by molar-refractivity contribution is 0.0734. The normalized spacial score (nSPS) is 10.7. The monoisotopic (exact) mass is 357 g/mol. The van der Waals surface area contributed by atoms with Crippen molar-refractivity contribution in [3.05, 3.63) is 94.6 Å². The number of carbonyl (C=O) groups is 1. The summed E-state index contributed by atoms with van der Waals surface area (Å²) >= 11 is 0. The lowest BCUT2D eigenvalue weighted by atomic mass is 10.0. The number of rotatable bonds is 3. The molecule has 4 aromatic rings. The molecule has 2 heterocycles. The SMILES string of the molecule is Cc1oc2cc(OC(=O)c3cccnc3)ccc2c(=O)c1-c1ccccc1. The summed E-state index contributed by atoms with van der Waals surface area (Å²) in [5.74, 6) is 0.281. The van der Waals surface area contributed by atoms with Gasteiger partial charge in [-0.2, -0.15) is 0 Å². The minimum absolute atomic E-state index is 0.120. The zero-order valence-corrected chi connectivity index (χ0v) is 14.5. The number of carbonyl (C=O) groups excluding carboxylic acids is 1. The first kappa shape index (κ1) is 16.7. The predicted molar refractivity (Wildman–Crippen MR) is 102 cm³/mol. The third-order valence-electron chi connectivity index (χ3n) is 4.21. The van der Waals surface area contributed by atoms with Crippen LogP contribution >= 0.6 is 0 Å². The van der Waals surface area contributed by atoms with Crippen molar-refractivity contribution >= 4 is 16.9 Å². The largest absolute Gasteiger partial charge is 0.460 e. The molecule has 132 valence electrons. The topological polar surface area (TPSA) is 69.4 Å². The summed E-state index contributed by atoms with van der Waals surface area (Å²) in [6.45, 7) is 1.75. The zero-order chi connectivity index (χ0) is 18.8. The van der Waals surface area contributed by atoms with E-state index >= 15 is 0 Å². The average Bonchev–Trinajstić information content (AvgIpc) is 2.69. The molecule has 5 heteroatoms. The van der Waals surface area contributed by atoms with Crippen molar-refractivity contribution in [3.63, 3.8) is 0 Å². The summed E-state index contributed by atoms with van der Waals surface area (Å²) < 4.78 is 11.2. The molecule has 4 rings (SSSR count). The molecule has 0 aliphatic heterocycles. The van der Waals surface area contributed by atoms with Crippen LogP contribution in [0.3, 0.4) is 0 Å². The Labute approximate surface area is 154 Å². The second-order valence-electron chi connectivity index (χ2n) is 6.02. The smallest absolute Gasteiger partial charge is 0.345 e. The molecule has 0 N–H and O–H groups in total. The lowest BCUT2D eigenvalue weighted by Crippen LogP contribution is -2.10. The molecular weight excluding hydrogens is 342 g/mol. The standard InChI is InChI=1S/C22H15NO4/c1-14-20(15-6-3-2-4-7-15)21(24)18-10-9-17(12-19(18)26-14)27-22(25)16-8-5-11-23-13-16/h2-13H,1H3. The summed E-state index contributed by atoms with van der Waals surface area (Å²) in [5.41, 5.74) is 1.93. The van der Waals surface area contributed by atoms with Crippen LogP contribution in [0.4, 0.5) is 0 Å². The van der Waals surface area contributed by atoms with Crippen molar-refractivity contribution in [1.29, 1.82) is 0 Å². The maximum atomic E-state index is 12.9.